The Morgan fingerprint density at radius 3 is 3.17 bits per heavy atom. The van der Waals surface area contributed by atoms with Gasteiger partial charge in [0.1, 0.15) is 11.6 Å². The summed E-state index contributed by atoms with van der Waals surface area (Å²) in [6.45, 7) is 1.66. The first kappa shape index (κ1) is 15.7. The number of pyridine rings is 1. The van der Waals surface area contributed by atoms with Gasteiger partial charge in [-0.2, -0.15) is 0 Å². The first-order valence-electron chi connectivity index (χ1n) is 8.03. The summed E-state index contributed by atoms with van der Waals surface area (Å²) < 4.78 is 7.23. The first-order valence-corrected chi connectivity index (χ1v) is 8.03. The highest BCUT2D eigenvalue weighted by atomic mass is 16.5. The van der Waals surface area contributed by atoms with E-state index in [9.17, 15) is 4.79 Å². The molecule has 1 N–H and O–H groups in total. The van der Waals surface area contributed by atoms with Crippen molar-refractivity contribution >= 4 is 11.7 Å². The molecule has 0 spiro atoms. The van der Waals surface area contributed by atoms with Gasteiger partial charge in [0.15, 0.2) is 0 Å². The normalized spacial score (nSPS) is 13.6. The summed E-state index contributed by atoms with van der Waals surface area (Å²) in [5.41, 5.74) is 1.92. The van der Waals surface area contributed by atoms with E-state index in [4.69, 9.17) is 4.74 Å². The van der Waals surface area contributed by atoms with E-state index >= 15 is 0 Å². The van der Waals surface area contributed by atoms with Gasteiger partial charge < -0.3 is 14.6 Å². The number of ether oxygens (including phenoxy) is 1. The molecule has 1 amide bonds. The molecule has 0 fully saturated rings. The molecule has 3 heterocycles. The van der Waals surface area contributed by atoms with Crippen LogP contribution in [0.3, 0.4) is 0 Å². The number of hydrogen-bond acceptors (Lipinski definition) is 4. The van der Waals surface area contributed by atoms with Gasteiger partial charge in [-0.15, -0.1) is 0 Å². The van der Waals surface area contributed by atoms with Gasteiger partial charge in [-0.3, -0.25) is 4.79 Å². The molecule has 6 nitrogen and oxygen atoms in total. The summed E-state index contributed by atoms with van der Waals surface area (Å²) in [5, 5.41) is 2.85. The Kier molecular flexibility index (Phi) is 5.02. The molecule has 1 aliphatic rings. The highest BCUT2D eigenvalue weighted by Gasteiger charge is 2.14. The van der Waals surface area contributed by atoms with E-state index in [1.165, 1.54) is 12.8 Å². The molecule has 0 saturated heterocycles. The minimum Gasteiger partial charge on any atom is -0.384 e. The van der Waals surface area contributed by atoms with Crippen LogP contribution in [0.1, 0.15) is 29.9 Å². The predicted octanol–water partition coefficient (Wildman–Crippen LogP) is 1.98. The Labute approximate surface area is 135 Å². The van der Waals surface area contributed by atoms with Gasteiger partial charge in [-0.25, -0.2) is 9.97 Å². The highest BCUT2D eigenvalue weighted by Crippen LogP contribution is 2.15. The Bertz CT molecular complexity index is 657. The molecule has 2 aromatic rings. The molecule has 0 bridgehead atoms. The second kappa shape index (κ2) is 7.37. The van der Waals surface area contributed by atoms with E-state index in [-0.39, 0.29) is 12.3 Å². The van der Waals surface area contributed by atoms with Crippen LogP contribution in [0.15, 0.2) is 24.5 Å². The number of imidazole rings is 1. The molecule has 23 heavy (non-hydrogen) atoms. The average Bonchev–Trinajstić information content (AvgIpc) is 2.95. The zero-order chi connectivity index (χ0) is 16.1. The minimum atomic E-state index is -0.0863. The van der Waals surface area contributed by atoms with Gasteiger partial charge in [-0.05, 0) is 37.0 Å². The van der Waals surface area contributed by atoms with Crippen LogP contribution in [0.5, 0.6) is 0 Å². The third kappa shape index (κ3) is 4.16. The van der Waals surface area contributed by atoms with E-state index < -0.39 is 0 Å². The molecule has 0 radical (unpaired) electrons. The van der Waals surface area contributed by atoms with Crippen molar-refractivity contribution in [3.63, 3.8) is 0 Å². The number of carbonyl (C=O) groups excluding carboxylic acids is 1. The molecule has 6 heteroatoms. The molecule has 0 atom stereocenters. The third-order valence-electron chi connectivity index (χ3n) is 3.99. The summed E-state index contributed by atoms with van der Waals surface area (Å²) in [6, 6.07) is 3.81. The van der Waals surface area contributed by atoms with E-state index in [0.29, 0.717) is 12.4 Å². The van der Waals surface area contributed by atoms with Crippen LogP contribution in [-0.2, 0) is 35.3 Å². The molecule has 0 saturated carbocycles. The van der Waals surface area contributed by atoms with Crippen molar-refractivity contribution in [3.8, 4) is 0 Å². The number of aromatic nitrogens is 3. The number of rotatable bonds is 6. The van der Waals surface area contributed by atoms with Gasteiger partial charge in [0, 0.05) is 32.5 Å². The van der Waals surface area contributed by atoms with Crippen molar-refractivity contribution in [2.24, 2.45) is 0 Å². The van der Waals surface area contributed by atoms with Gasteiger partial charge in [0.2, 0.25) is 5.91 Å². The van der Waals surface area contributed by atoms with Crippen LogP contribution in [0.25, 0.3) is 0 Å². The maximum Gasteiger partial charge on any atom is 0.231 e. The number of anilines is 1. The second-order valence-corrected chi connectivity index (χ2v) is 5.82. The first-order chi connectivity index (χ1) is 11.2. The van der Waals surface area contributed by atoms with Gasteiger partial charge in [0.05, 0.1) is 18.7 Å². The molecule has 1 aliphatic heterocycles. The summed E-state index contributed by atoms with van der Waals surface area (Å²) in [7, 11) is 1.67. The molecular weight excluding hydrogens is 292 g/mol. The van der Waals surface area contributed by atoms with Gasteiger partial charge in [0.25, 0.3) is 0 Å². The van der Waals surface area contributed by atoms with Crippen LogP contribution < -0.4 is 5.32 Å². The Hall–Kier alpha value is -2.21. The number of nitrogens with zero attached hydrogens (tertiary/aromatic N) is 3. The lowest BCUT2D eigenvalue weighted by Gasteiger charge is -2.11. The summed E-state index contributed by atoms with van der Waals surface area (Å²) in [6.07, 6.45) is 8.16. The maximum atomic E-state index is 12.2. The van der Waals surface area contributed by atoms with E-state index in [0.717, 1.165) is 36.5 Å². The fourth-order valence-electron chi connectivity index (χ4n) is 2.83. The maximum absolute atomic E-state index is 12.2. The van der Waals surface area contributed by atoms with Crippen molar-refractivity contribution in [2.75, 3.05) is 19.0 Å². The largest absolute Gasteiger partial charge is 0.384 e. The van der Waals surface area contributed by atoms with Crippen LogP contribution >= 0.6 is 0 Å². The molecule has 122 valence electrons. The Balaban J connectivity index is 1.59. The summed E-state index contributed by atoms with van der Waals surface area (Å²) in [4.78, 5) is 20.9. The number of hydrogen-bond donors (Lipinski definition) is 1. The number of aryl methyl sites for hydroxylation is 2. The summed E-state index contributed by atoms with van der Waals surface area (Å²) in [5.74, 6) is 1.59. The zero-order valence-electron chi connectivity index (χ0n) is 13.4. The molecule has 3 rings (SSSR count). The topological polar surface area (TPSA) is 69.0 Å². The number of amides is 1. The molecule has 0 aliphatic carbocycles. The SMILES string of the molecule is COCCc1ccnc(NC(=O)Cc2cn3c(n2)CCCC3)c1. The highest BCUT2D eigenvalue weighted by molar-refractivity contribution is 5.91. The van der Waals surface area contributed by atoms with Crippen molar-refractivity contribution in [1.82, 2.24) is 14.5 Å². The number of carbonyl (C=O) groups is 1. The predicted molar refractivity (Wildman–Crippen MR) is 87.3 cm³/mol. The molecular formula is C17H22N4O2. The minimum absolute atomic E-state index is 0.0863. The second-order valence-electron chi connectivity index (χ2n) is 5.82. The number of fused-ring (bicyclic) bond motifs is 1. The average molecular weight is 314 g/mol. The van der Waals surface area contributed by atoms with Crippen molar-refractivity contribution in [1.29, 1.82) is 0 Å². The van der Waals surface area contributed by atoms with E-state index in [2.05, 4.69) is 19.9 Å². The van der Waals surface area contributed by atoms with Gasteiger partial charge in [-0.1, -0.05) is 0 Å². The fraction of sp³-hybridized carbons (Fsp3) is 0.471. The van der Waals surface area contributed by atoms with Crippen molar-refractivity contribution in [3.05, 3.63) is 41.6 Å². The van der Waals surface area contributed by atoms with Crippen molar-refractivity contribution < 1.29 is 9.53 Å². The Morgan fingerprint density at radius 1 is 1.43 bits per heavy atom. The smallest absolute Gasteiger partial charge is 0.231 e. The van der Waals surface area contributed by atoms with Crippen LogP contribution in [0, 0.1) is 0 Å². The number of methoxy groups -OCH3 is 1. The monoisotopic (exact) mass is 314 g/mol. The third-order valence-corrected chi connectivity index (χ3v) is 3.99. The van der Waals surface area contributed by atoms with Crippen LogP contribution in [0.4, 0.5) is 5.82 Å². The zero-order valence-corrected chi connectivity index (χ0v) is 13.4. The van der Waals surface area contributed by atoms with E-state index in [1.807, 2.05) is 18.3 Å². The fourth-order valence-corrected chi connectivity index (χ4v) is 2.83. The van der Waals surface area contributed by atoms with E-state index in [1.54, 1.807) is 13.3 Å². The standard InChI is InChI=1S/C17H22N4O2/c1-23-9-6-13-5-7-18-15(10-13)20-17(22)11-14-12-21-8-3-2-4-16(21)19-14/h5,7,10,12H,2-4,6,8-9,11H2,1H3,(H,18,20,22). The Morgan fingerprint density at radius 2 is 2.35 bits per heavy atom. The lowest BCUT2D eigenvalue weighted by atomic mass is 10.2. The molecule has 0 unspecified atom stereocenters. The quantitative estimate of drug-likeness (QED) is 0.885. The van der Waals surface area contributed by atoms with Crippen molar-refractivity contribution in [2.45, 2.75) is 38.6 Å². The lowest BCUT2D eigenvalue weighted by molar-refractivity contribution is -0.115. The van der Waals surface area contributed by atoms with Crippen LogP contribution in [-0.4, -0.2) is 34.2 Å². The number of nitrogens with one attached hydrogen (secondary N) is 1. The molecule has 2 aromatic heterocycles. The van der Waals surface area contributed by atoms with Gasteiger partial charge >= 0.3 is 0 Å². The van der Waals surface area contributed by atoms with Crippen LogP contribution in [0.2, 0.25) is 0 Å². The lowest BCUT2D eigenvalue weighted by Crippen LogP contribution is -2.15. The summed E-state index contributed by atoms with van der Waals surface area (Å²) >= 11 is 0. The molecule has 0 aromatic carbocycles.